The Hall–Kier alpha value is -5.12. The van der Waals surface area contributed by atoms with Crippen molar-refractivity contribution in [1.82, 2.24) is 15.0 Å². The highest BCUT2D eigenvalue weighted by Gasteiger charge is 2.10. The highest BCUT2D eigenvalue weighted by molar-refractivity contribution is 6.30. The van der Waals surface area contributed by atoms with Crippen LogP contribution in [0.25, 0.3) is 6.08 Å². The molecule has 0 bridgehead atoms. The van der Waals surface area contributed by atoms with Crippen molar-refractivity contribution in [2.45, 2.75) is 0 Å². The second-order valence-corrected chi connectivity index (χ2v) is 9.96. The molecule has 5 aromatic rings. The number of anilines is 6. The van der Waals surface area contributed by atoms with Crippen LogP contribution in [0.5, 0.6) is 11.5 Å². The molecule has 0 radical (unpaired) electrons. The minimum Gasteiger partial charge on any atom is -0.493 e. The van der Waals surface area contributed by atoms with E-state index >= 15 is 0 Å². The van der Waals surface area contributed by atoms with E-state index in [2.05, 4.69) is 30.9 Å². The molecule has 5 rings (SSSR count). The van der Waals surface area contributed by atoms with Gasteiger partial charge in [0.2, 0.25) is 17.8 Å². The van der Waals surface area contributed by atoms with Gasteiger partial charge in [-0.25, -0.2) is 0 Å². The lowest BCUT2D eigenvalue weighted by Gasteiger charge is -2.12. The monoisotopic (exact) mass is 612 g/mol. The number of rotatable bonds is 11. The normalized spacial score (nSPS) is 10.8. The van der Waals surface area contributed by atoms with Crippen molar-refractivity contribution in [1.29, 1.82) is 0 Å². The van der Waals surface area contributed by atoms with Gasteiger partial charge in [-0.1, -0.05) is 35.3 Å². The molecule has 0 fully saturated rings. The van der Waals surface area contributed by atoms with Crippen molar-refractivity contribution >= 4 is 70.0 Å². The topological polar surface area (TPSA) is 110 Å². The maximum Gasteiger partial charge on any atom is 0.233 e. The Labute approximate surface area is 258 Å². The molecule has 0 unspecified atom stereocenters. The van der Waals surface area contributed by atoms with Crippen LogP contribution in [0.4, 0.5) is 34.9 Å². The second kappa shape index (κ2) is 13.7. The number of aromatic nitrogens is 3. The number of methoxy groups -OCH3 is 2. The van der Waals surface area contributed by atoms with Crippen LogP contribution in [0.3, 0.4) is 0 Å². The Morgan fingerprint density at radius 1 is 0.628 bits per heavy atom. The number of nitrogens with zero attached hydrogens (tertiary/aromatic N) is 3. The summed E-state index contributed by atoms with van der Waals surface area (Å²) in [4.78, 5) is 26.3. The first-order chi connectivity index (χ1) is 20.9. The summed E-state index contributed by atoms with van der Waals surface area (Å²) in [6, 6.07) is 26.8. The SMILES string of the molecule is COc1ccc(/C=C/C(=O)c2ccc(Nc3nc(Nc4ccc(Cl)cc4)nc(Nc4ccc(Cl)cc4)n3)cc2)cc1OC. The van der Waals surface area contributed by atoms with Crippen molar-refractivity contribution in [2.24, 2.45) is 0 Å². The van der Waals surface area contributed by atoms with E-state index in [0.717, 1.165) is 16.9 Å². The molecule has 0 aliphatic carbocycles. The van der Waals surface area contributed by atoms with Gasteiger partial charge in [0.05, 0.1) is 14.2 Å². The number of hydrogen-bond donors (Lipinski definition) is 3. The molecule has 4 aromatic carbocycles. The summed E-state index contributed by atoms with van der Waals surface area (Å²) in [6.45, 7) is 0. The van der Waals surface area contributed by atoms with Gasteiger partial charge in [-0.3, -0.25) is 4.79 Å². The molecule has 43 heavy (non-hydrogen) atoms. The van der Waals surface area contributed by atoms with E-state index in [-0.39, 0.29) is 11.7 Å². The second-order valence-electron chi connectivity index (χ2n) is 9.08. The highest BCUT2D eigenvalue weighted by atomic mass is 35.5. The number of benzene rings is 4. The molecular formula is C32H26Cl2N6O3. The standard InChI is InChI=1S/C32H26Cl2N6O3/c1-42-28-18-4-20(19-29(28)43-2)3-17-27(41)21-5-11-24(12-6-21)35-30-38-31(36-25-13-7-22(33)8-14-25)40-32(39-30)37-26-15-9-23(34)10-16-26/h3-19H,1-2H3,(H3,35,36,37,38,39,40)/b17-3+. The molecule has 1 heterocycles. The van der Waals surface area contributed by atoms with Crippen molar-refractivity contribution in [2.75, 3.05) is 30.2 Å². The largest absolute Gasteiger partial charge is 0.493 e. The van der Waals surface area contributed by atoms with Gasteiger partial charge in [0.25, 0.3) is 0 Å². The molecular weight excluding hydrogens is 587 g/mol. The Morgan fingerprint density at radius 3 is 1.51 bits per heavy atom. The average molecular weight is 614 g/mol. The van der Waals surface area contributed by atoms with Crippen LogP contribution in [0.15, 0.2) is 97.1 Å². The van der Waals surface area contributed by atoms with E-state index in [4.69, 9.17) is 32.7 Å². The third-order valence-corrected chi connectivity index (χ3v) is 6.60. The summed E-state index contributed by atoms with van der Waals surface area (Å²) in [5.41, 5.74) is 3.52. The van der Waals surface area contributed by atoms with Gasteiger partial charge in [0.1, 0.15) is 0 Å². The average Bonchev–Trinajstić information content (AvgIpc) is 3.02. The van der Waals surface area contributed by atoms with Crippen molar-refractivity contribution < 1.29 is 14.3 Å². The molecule has 0 aliphatic heterocycles. The fourth-order valence-corrected chi connectivity index (χ4v) is 4.19. The molecule has 0 aliphatic rings. The lowest BCUT2D eigenvalue weighted by atomic mass is 10.1. The van der Waals surface area contributed by atoms with Crippen LogP contribution in [0.2, 0.25) is 10.0 Å². The summed E-state index contributed by atoms with van der Waals surface area (Å²) < 4.78 is 10.6. The number of hydrogen-bond acceptors (Lipinski definition) is 9. The van der Waals surface area contributed by atoms with Gasteiger partial charge < -0.3 is 25.4 Å². The van der Waals surface area contributed by atoms with Crippen LogP contribution in [-0.2, 0) is 0 Å². The third-order valence-electron chi connectivity index (χ3n) is 6.10. The van der Waals surface area contributed by atoms with Crippen molar-refractivity contribution in [3.8, 4) is 11.5 Å². The number of carbonyl (C=O) groups is 1. The lowest BCUT2D eigenvalue weighted by Crippen LogP contribution is -2.07. The Balaban J connectivity index is 1.32. The maximum atomic E-state index is 12.8. The number of carbonyl (C=O) groups excluding carboxylic acids is 1. The van der Waals surface area contributed by atoms with E-state index in [1.165, 1.54) is 6.08 Å². The predicted molar refractivity (Wildman–Crippen MR) is 172 cm³/mol. The van der Waals surface area contributed by atoms with Gasteiger partial charge in [-0.2, -0.15) is 15.0 Å². The number of ketones is 1. The first kappa shape index (κ1) is 29.4. The van der Waals surface area contributed by atoms with E-state index in [1.54, 1.807) is 81.0 Å². The molecule has 9 nitrogen and oxygen atoms in total. The molecule has 11 heteroatoms. The van der Waals surface area contributed by atoms with Crippen LogP contribution >= 0.6 is 23.2 Å². The molecule has 216 valence electrons. The van der Waals surface area contributed by atoms with E-state index in [0.29, 0.717) is 44.7 Å². The van der Waals surface area contributed by atoms with Gasteiger partial charge in [-0.15, -0.1) is 0 Å². The van der Waals surface area contributed by atoms with Crippen LogP contribution < -0.4 is 25.4 Å². The van der Waals surface area contributed by atoms with E-state index in [1.807, 2.05) is 30.3 Å². The highest BCUT2D eigenvalue weighted by Crippen LogP contribution is 2.28. The number of allylic oxidation sites excluding steroid dienone is 1. The molecule has 3 N–H and O–H groups in total. The summed E-state index contributed by atoms with van der Waals surface area (Å²) >= 11 is 12.0. The van der Waals surface area contributed by atoms with Crippen LogP contribution in [0, 0.1) is 0 Å². The first-order valence-electron chi connectivity index (χ1n) is 13.0. The van der Waals surface area contributed by atoms with Crippen molar-refractivity contribution in [3.05, 3.63) is 118 Å². The molecule has 0 saturated carbocycles. The maximum absolute atomic E-state index is 12.8. The lowest BCUT2D eigenvalue weighted by molar-refractivity contribution is 0.104. The molecule has 0 atom stereocenters. The fraction of sp³-hybridized carbons (Fsp3) is 0.0625. The van der Waals surface area contributed by atoms with Gasteiger partial charge in [-0.05, 0) is 96.6 Å². The zero-order valence-electron chi connectivity index (χ0n) is 23.1. The van der Waals surface area contributed by atoms with Crippen LogP contribution in [0.1, 0.15) is 15.9 Å². The predicted octanol–water partition coefficient (Wildman–Crippen LogP) is 8.32. The van der Waals surface area contributed by atoms with E-state index in [9.17, 15) is 4.79 Å². The smallest absolute Gasteiger partial charge is 0.233 e. The zero-order chi connectivity index (χ0) is 30.2. The summed E-state index contributed by atoms with van der Waals surface area (Å²) in [5.74, 6) is 1.96. The summed E-state index contributed by atoms with van der Waals surface area (Å²) in [6.07, 6.45) is 3.24. The summed E-state index contributed by atoms with van der Waals surface area (Å²) in [7, 11) is 3.14. The Morgan fingerprint density at radius 2 is 1.07 bits per heavy atom. The molecule has 1 aromatic heterocycles. The minimum absolute atomic E-state index is 0.148. The molecule has 0 spiro atoms. The van der Waals surface area contributed by atoms with Crippen LogP contribution in [-0.4, -0.2) is 35.0 Å². The van der Waals surface area contributed by atoms with Gasteiger partial charge in [0, 0.05) is 32.7 Å². The number of nitrogens with one attached hydrogen (secondary N) is 3. The molecule has 0 amide bonds. The zero-order valence-corrected chi connectivity index (χ0v) is 24.6. The Kier molecular flexibility index (Phi) is 9.36. The first-order valence-corrected chi connectivity index (χ1v) is 13.8. The van der Waals surface area contributed by atoms with Gasteiger partial charge in [0.15, 0.2) is 17.3 Å². The van der Waals surface area contributed by atoms with E-state index < -0.39 is 0 Å². The number of ether oxygens (including phenoxy) is 2. The fourth-order valence-electron chi connectivity index (χ4n) is 3.94. The molecule has 0 saturated heterocycles. The van der Waals surface area contributed by atoms with Gasteiger partial charge >= 0.3 is 0 Å². The number of halogens is 2. The summed E-state index contributed by atoms with van der Waals surface area (Å²) in [5, 5.41) is 10.8. The third kappa shape index (κ3) is 8.00. The van der Waals surface area contributed by atoms with Crippen molar-refractivity contribution in [3.63, 3.8) is 0 Å². The quantitative estimate of drug-likeness (QED) is 0.100. The minimum atomic E-state index is -0.148. The Bertz CT molecular complexity index is 1680.